The number of likely N-dealkylation sites (tertiary alicyclic amines) is 1. The summed E-state index contributed by atoms with van der Waals surface area (Å²) in [6, 6.07) is 7.26. The zero-order valence-corrected chi connectivity index (χ0v) is 16.7. The zero-order valence-electron chi connectivity index (χ0n) is 16.7. The van der Waals surface area contributed by atoms with Gasteiger partial charge in [0.25, 0.3) is 0 Å². The van der Waals surface area contributed by atoms with Crippen LogP contribution in [0.4, 0.5) is 0 Å². The molecule has 150 valence electrons. The molecule has 28 heavy (non-hydrogen) atoms. The van der Waals surface area contributed by atoms with Gasteiger partial charge in [0, 0.05) is 24.9 Å². The van der Waals surface area contributed by atoms with E-state index in [9.17, 15) is 4.79 Å². The minimum Gasteiger partial charge on any atom is -0.454 e. The summed E-state index contributed by atoms with van der Waals surface area (Å²) in [6.07, 6.45) is 6.86. The van der Waals surface area contributed by atoms with Crippen molar-refractivity contribution in [1.82, 2.24) is 9.80 Å². The van der Waals surface area contributed by atoms with E-state index < -0.39 is 0 Å². The van der Waals surface area contributed by atoms with Crippen molar-refractivity contribution < 1.29 is 14.3 Å². The van der Waals surface area contributed by atoms with Crippen LogP contribution in [0.25, 0.3) is 0 Å². The van der Waals surface area contributed by atoms with Crippen molar-refractivity contribution in [3.8, 4) is 11.5 Å². The smallest absolute Gasteiger partial charge is 0.231 e. The highest BCUT2D eigenvalue weighted by Gasteiger charge is 2.54. The van der Waals surface area contributed by atoms with Gasteiger partial charge in [0.2, 0.25) is 12.7 Å². The fraction of sp³-hybridized carbons (Fsp3) is 0.696. The van der Waals surface area contributed by atoms with E-state index in [1.54, 1.807) is 0 Å². The van der Waals surface area contributed by atoms with Crippen molar-refractivity contribution >= 4 is 5.91 Å². The molecule has 1 saturated carbocycles. The fourth-order valence-electron chi connectivity index (χ4n) is 6.16. The third kappa shape index (κ3) is 2.66. The van der Waals surface area contributed by atoms with Crippen molar-refractivity contribution in [2.45, 2.75) is 63.5 Å². The number of rotatable bonds is 4. The van der Waals surface area contributed by atoms with Gasteiger partial charge in [-0.05, 0) is 74.2 Å². The van der Waals surface area contributed by atoms with Crippen LogP contribution in [0.5, 0.6) is 11.5 Å². The van der Waals surface area contributed by atoms with Crippen LogP contribution in [-0.4, -0.2) is 54.2 Å². The Morgan fingerprint density at radius 3 is 2.71 bits per heavy atom. The topological polar surface area (TPSA) is 42.0 Å². The number of piperidine rings is 3. The molecule has 0 unspecified atom stereocenters. The Bertz CT molecular complexity index is 797. The summed E-state index contributed by atoms with van der Waals surface area (Å²) in [7, 11) is 0. The van der Waals surface area contributed by atoms with Crippen LogP contribution in [0, 0.1) is 11.3 Å². The number of nitrogens with zero attached hydrogens (tertiary/aromatic N) is 2. The lowest BCUT2D eigenvalue weighted by Crippen LogP contribution is -2.60. The summed E-state index contributed by atoms with van der Waals surface area (Å²) in [6.45, 7) is 5.88. The highest BCUT2D eigenvalue weighted by atomic mass is 16.7. The van der Waals surface area contributed by atoms with Crippen molar-refractivity contribution in [1.29, 1.82) is 0 Å². The van der Waals surface area contributed by atoms with Crippen LogP contribution < -0.4 is 9.47 Å². The molecule has 0 N–H and O–H groups in total. The average Bonchev–Trinajstić information content (AvgIpc) is 3.13. The van der Waals surface area contributed by atoms with Gasteiger partial charge in [0.05, 0.1) is 6.04 Å². The lowest BCUT2D eigenvalue weighted by Gasteiger charge is -2.51. The minimum absolute atomic E-state index is 0.313. The molecule has 0 radical (unpaired) electrons. The van der Waals surface area contributed by atoms with Crippen LogP contribution in [0.2, 0.25) is 0 Å². The van der Waals surface area contributed by atoms with Gasteiger partial charge in [0.1, 0.15) is 0 Å². The number of carbonyl (C=O) groups is 1. The lowest BCUT2D eigenvalue weighted by molar-refractivity contribution is -0.136. The van der Waals surface area contributed by atoms with E-state index in [0.717, 1.165) is 30.9 Å². The van der Waals surface area contributed by atoms with Crippen molar-refractivity contribution in [2.75, 3.05) is 26.4 Å². The molecule has 5 aliphatic heterocycles. The molecule has 5 heteroatoms. The highest BCUT2D eigenvalue weighted by Crippen LogP contribution is 2.50. The second-order valence-corrected chi connectivity index (χ2v) is 9.93. The molecular weight excluding hydrogens is 352 g/mol. The fourth-order valence-corrected chi connectivity index (χ4v) is 6.16. The van der Waals surface area contributed by atoms with E-state index in [1.807, 2.05) is 6.07 Å². The van der Waals surface area contributed by atoms with Crippen LogP contribution in [0.1, 0.15) is 56.9 Å². The first kappa shape index (κ1) is 17.1. The summed E-state index contributed by atoms with van der Waals surface area (Å²) < 4.78 is 11.1. The van der Waals surface area contributed by atoms with Crippen molar-refractivity contribution in [2.24, 2.45) is 11.3 Å². The van der Waals surface area contributed by atoms with E-state index in [4.69, 9.17) is 9.47 Å². The molecule has 0 aromatic heterocycles. The largest absolute Gasteiger partial charge is 0.454 e. The number of carbonyl (C=O) groups excluding carboxylic acids is 1. The normalized spacial score (nSPS) is 36.5. The van der Waals surface area contributed by atoms with Gasteiger partial charge >= 0.3 is 0 Å². The van der Waals surface area contributed by atoms with Gasteiger partial charge in [-0.15, -0.1) is 0 Å². The summed E-state index contributed by atoms with van der Waals surface area (Å²) in [5.41, 5.74) is 1.75. The zero-order chi connectivity index (χ0) is 18.9. The monoisotopic (exact) mass is 382 g/mol. The Hall–Kier alpha value is -1.75. The third-order valence-corrected chi connectivity index (χ3v) is 8.19. The van der Waals surface area contributed by atoms with E-state index in [0.29, 0.717) is 42.0 Å². The molecule has 1 amide bonds. The Kier molecular flexibility index (Phi) is 3.75. The Balaban J connectivity index is 1.29. The predicted molar refractivity (Wildman–Crippen MR) is 105 cm³/mol. The molecule has 3 atom stereocenters. The standard InChI is InChI=1S/C23H30N2O3/c1-23(8-9-23)7-4-20(26)25-13-17(16-2-3-18-19(12-16)28-14-27-18)22-21(25)15-5-10-24(22)11-6-15/h2-3,12,15,17,21-22H,4-11,13-14H2,1H3/t17-,21+,22+/m0/s1. The molecule has 4 saturated heterocycles. The first-order valence-corrected chi connectivity index (χ1v) is 11.0. The van der Waals surface area contributed by atoms with Gasteiger partial charge in [-0.25, -0.2) is 0 Å². The Morgan fingerprint density at radius 2 is 1.93 bits per heavy atom. The van der Waals surface area contributed by atoms with Crippen LogP contribution in [-0.2, 0) is 4.79 Å². The number of hydrogen-bond donors (Lipinski definition) is 0. The summed E-state index contributed by atoms with van der Waals surface area (Å²) in [5.74, 6) is 3.14. The Labute approximate surface area is 167 Å². The number of fused-ring (bicyclic) bond motifs is 3. The molecule has 7 rings (SSSR count). The molecule has 6 aliphatic rings. The first-order chi connectivity index (χ1) is 13.6. The van der Waals surface area contributed by atoms with Crippen LogP contribution >= 0.6 is 0 Å². The van der Waals surface area contributed by atoms with Crippen molar-refractivity contribution in [3.05, 3.63) is 23.8 Å². The van der Waals surface area contributed by atoms with E-state index in [2.05, 4.69) is 28.9 Å². The third-order valence-electron chi connectivity index (χ3n) is 8.19. The Morgan fingerprint density at radius 1 is 1.14 bits per heavy atom. The maximum absolute atomic E-state index is 13.3. The van der Waals surface area contributed by atoms with Gasteiger partial charge in [0.15, 0.2) is 11.5 Å². The molecule has 1 aromatic rings. The highest BCUT2D eigenvalue weighted by molar-refractivity contribution is 5.77. The molecule has 0 spiro atoms. The lowest BCUT2D eigenvalue weighted by atomic mass is 9.75. The molecular formula is C23H30N2O3. The summed E-state index contributed by atoms with van der Waals surface area (Å²) in [4.78, 5) is 18.2. The summed E-state index contributed by atoms with van der Waals surface area (Å²) >= 11 is 0. The van der Waals surface area contributed by atoms with E-state index >= 15 is 0 Å². The number of hydrogen-bond acceptors (Lipinski definition) is 4. The second kappa shape index (κ2) is 6.12. The van der Waals surface area contributed by atoms with Gasteiger partial charge in [-0.3, -0.25) is 9.69 Å². The quantitative estimate of drug-likeness (QED) is 0.801. The van der Waals surface area contributed by atoms with E-state index in [1.165, 1.54) is 44.3 Å². The summed E-state index contributed by atoms with van der Waals surface area (Å²) in [5, 5.41) is 0. The molecule has 5 fully saturated rings. The van der Waals surface area contributed by atoms with Gasteiger partial charge < -0.3 is 14.4 Å². The van der Waals surface area contributed by atoms with Crippen LogP contribution in [0.3, 0.4) is 0 Å². The SMILES string of the molecule is CC1(CCC(=O)N2C[C@@H](c3ccc4c(c3)OCO4)[C@@H]3[C@H]2C2CCN3CC2)CC1. The maximum Gasteiger partial charge on any atom is 0.231 e. The first-order valence-electron chi connectivity index (χ1n) is 11.0. The van der Waals surface area contributed by atoms with Crippen molar-refractivity contribution in [3.63, 3.8) is 0 Å². The minimum atomic E-state index is 0.313. The number of ether oxygens (including phenoxy) is 2. The molecule has 1 aromatic carbocycles. The van der Waals surface area contributed by atoms with Crippen LogP contribution in [0.15, 0.2) is 18.2 Å². The van der Waals surface area contributed by atoms with Gasteiger partial charge in [-0.1, -0.05) is 13.0 Å². The number of benzene rings is 1. The number of amides is 1. The molecule has 5 nitrogen and oxygen atoms in total. The molecule has 2 bridgehead atoms. The average molecular weight is 383 g/mol. The molecule has 1 aliphatic carbocycles. The molecule has 5 heterocycles. The maximum atomic E-state index is 13.3. The van der Waals surface area contributed by atoms with E-state index in [-0.39, 0.29) is 0 Å². The predicted octanol–water partition coefficient (Wildman–Crippen LogP) is 3.38. The van der Waals surface area contributed by atoms with Gasteiger partial charge in [-0.2, -0.15) is 0 Å². The second-order valence-electron chi connectivity index (χ2n) is 9.93.